The highest BCUT2D eigenvalue weighted by molar-refractivity contribution is 5.49. The van der Waals surface area contributed by atoms with Crippen LogP contribution in [0.2, 0.25) is 0 Å². The lowest BCUT2D eigenvalue weighted by molar-refractivity contribution is 0.284. The number of allylic oxidation sites excluding steroid dienone is 5. The molecule has 0 aromatic heterocycles. The molecule has 2 aliphatic rings. The van der Waals surface area contributed by atoms with Gasteiger partial charge in [-0.25, -0.2) is 0 Å². The van der Waals surface area contributed by atoms with Crippen LogP contribution in [0.5, 0.6) is 11.5 Å². The van der Waals surface area contributed by atoms with Crippen LogP contribution >= 0.6 is 0 Å². The van der Waals surface area contributed by atoms with Gasteiger partial charge in [0.2, 0.25) is 0 Å². The summed E-state index contributed by atoms with van der Waals surface area (Å²) in [7, 11) is 0. The molecular weight excluding hydrogens is 176 g/mol. The van der Waals surface area contributed by atoms with Crippen LogP contribution in [-0.2, 0) is 0 Å². The molecule has 68 valence electrons. The zero-order chi connectivity index (χ0) is 9.38. The quantitative estimate of drug-likeness (QED) is 0.617. The van der Waals surface area contributed by atoms with Crippen LogP contribution in [0.25, 0.3) is 0 Å². The second kappa shape index (κ2) is 2.77. The predicted octanol–water partition coefficient (Wildman–Crippen LogP) is 2.80. The average molecular weight is 184 g/mol. The highest BCUT2D eigenvalue weighted by atomic mass is 16.7. The van der Waals surface area contributed by atoms with Crippen LogP contribution in [0.3, 0.4) is 0 Å². The summed E-state index contributed by atoms with van der Waals surface area (Å²) in [5.41, 5.74) is 0.973. The maximum Gasteiger partial charge on any atom is 0.298 e. The molecule has 0 N–H and O–H groups in total. The largest absolute Gasteiger partial charge is 0.422 e. The van der Waals surface area contributed by atoms with Gasteiger partial charge in [0.15, 0.2) is 11.5 Å². The predicted molar refractivity (Wildman–Crippen MR) is 53.0 cm³/mol. The first-order valence-electron chi connectivity index (χ1n) is 4.47. The van der Waals surface area contributed by atoms with Gasteiger partial charge < -0.3 is 9.47 Å². The SMILES string of the molecule is C1=CC(=C2Oc3ccccc3O2)C=C1. The topological polar surface area (TPSA) is 18.5 Å². The summed E-state index contributed by atoms with van der Waals surface area (Å²) in [6.07, 6.45) is 7.83. The Morgan fingerprint density at radius 1 is 0.786 bits per heavy atom. The lowest BCUT2D eigenvalue weighted by Crippen LogP contribution is -1.96. The first kappa shape index (κ1) is 7.44. The second-order valence-electron chi connectivity index (χ2n) is 3.11. The van der Waals surface area contributed by atoms with Gasteiger partial charge in [0.25, 0.3) is 5.95 Å². The molecule has 3 rings (SSSR count). The minimum absolute atomic E-state index is 0.566. The smallest absolute Gasteiger partial charge is 0.298 e. The van der Waals surface area contributed by atoms with Crippen molar-refractivity contribution < 1.29 is 9.47 Å². The number of rotatable bonds is 0. The fourth-order valence-electron chi connectivity index (χ4n) is 1.47. The third-order valence-electron chi connectivity index (χ3n) is 2.15. The van der Waals surface area contributed by atoms with Crippen molar-refractivity contribution in [3.63, 3.8) is 0 Å². The van der Waals surface area contributed by atoms with Crippen molar-refractivity contribution in [2.75, 3.05) is 0 Å². The Kier molecular flexibility index (Phi) is 1.47. The minimum atomic E-state index is 0.566. The standard InChI is InChI=1S/C12H8O2/c1-2-6-9(5-1)12-13-10-7-3-4-8-11(10)14-12/h1-8H. The van der Waals surface area contributed by atoms with Gasteiger partial charge in [0, 0.05) is 0 Å². The Morgan fingerprint density at radius 3 is 1.93 bits per heavy atom. The third kappa shape index (κ3) is 1.04. The highest BCUT2D eigenvalue weighted by Gasteiger charge is 2.20. The van der Waals surface area contributed by atoms with Gasteiger partial charge in [-0.2, -0.15) is 0 Å². The van der Waals surface area contributed by atoms with Gasteiger partial charge in [-0.05, 0) is 24.3 Å². The molecule has 0 fully saturated rings. The molecule has 0 radical (unpaired) electrons. The van der Waals surface area contributed by atoms with Gasteiger partial charge >= 0.3 is 0 Å². The number of hydrogen-bond donors (Lipinski definition) is 0. The third-order valence-corrected chi connectivity index (χ3v) is 2.15. The number of ether oxygens (including phenoxy) is 2. The monoisotopic (exact) mass is 184 g/mol. The molecule has 1 aromatic carbocycles. The normalized spacial score (nSPS) is 16.9. The Hall–Kier alpha value is -1.96. The molecule has 2 nitrogen and oxygen atoms in total. The van der Waals surface area contributed by atoms with E-state index in [0.29, 0.717) is 5.95 Å². The van der Waals surface area contributed by atoms with Crippen molar-refractivity contribution >= 4 is 0 Å². The summed E-state index contributed by atoms with van der Waals surface area (Å²) < 4.78 is 11.1. The highest BCUT2D eigenvalue weighted by Crippen LogP contribution is 2.37. The average Bonchev–Trinajstić information content (AvgIpc) is 2.86. The summed E-state index contributed by atoms with van der Waals surface area (Å²) in [5, 5.41) is 0. The molecule has 0 saturated heterocycles. The zero-order valence-electron chi connectivity index (χ0n) is 7.44. The fourth-order valence-corrected chi connectivity index (χ4v) is 1.47. The molecule has 0 atom stereocenters. The second-order valence-corrected chi connectivity index (χ2v) is 3.11. The van der Waals surface area contributed by atoms with Gasteiger partial charge in [-0.15, -0.1) is 0 Å². The van der Waals surface area contributed by atoms with Crippen LogP contribution in [0, 0.1) is 0 Å². The Labute approximate surface area is 81.8 Å². The molecule has 14 heavy (non-hydrogen) atoms. The van der Waals surface area contributed by atoms with Crippen LogP contribution in [0.15, 0.2) is 60.1 Å². The van der Waals surface area contributed by atoms with Crippen molar-refractivity contribution in [1.82, 2.24) is 0 Å². The molecule has 1 aliphatic carbocycles. The number of fused-ring (bicyclic) bond motifs is 1. The fraction of sp³-hybridized carbons (Fsp3) is 0. The molecule has 0 saturated carbocycles. The Bertz CT molecular complexity index is 426. The maximum absolute atomic E-state index is 5.55. The summed E-state index contributed by atoms with van der Waals surface area (Å²) in [6, 6.07) is 7.64. The molecule has 0 spiro atoms. The number of benzene rings is 1. The maximum atomic E-state index is 5.55. The van der Waals surface area contributed by atoms with Crippen molar-refractivity contribution in [3.05, 3.63) is 60.1 Å². The van der Waals surface area contributed by atoms with Crippen molar-refractivity contribution in [1.29, 1.82) is 0 Å². The number of para-hydroxylation sites is 2. The van der Waals surface area contributed by atoms with Crippen LogP contribution in [0.1, 0.15) is 0 Å². The number of hydrogen-bond acceptors (Lipinski definition) is 2. The van der Waals surface area contributed by atoms with E-state index < -0.39 is 0 Å². The lowest BCUT2D eigenvalue weighted by Gasteiger charge is -1.98. The lowest BCUT2D eigenvalue weighted by atomic mass is 10.3. The molecule has 1 aromatic rings. The van der Waals surface area contributed by atoms with E-state index in [1.165, 1.54) is 0 Å². The molecule has 2 heteroatoms. The van der Waals surface area contributed by atoms with Gasteiger partial charge in [-0.3, -0.25) is 0 Å². The van der Waals surface area contributed by atoms with E-state index in [0.717, 1.165) is 17.1 Å². The summed E-state index contributed by atoms with van der Waals surface area (Å²) >= 11 is 0. The van der Waals surface area contributed by atoms with Crippen molar-refractivity contribution in [2.45, 2.75) is 0 Å². The molecule has 1 aliphatic heterocycles. The molecular formula is C12H8O2. The molecule has 1 heterocycles. The first-order chi connectivity index (χ1) is 6.93. The van der Waals surface area contributed by atoms with Crippen molar-refractivity contribution in [3.8, 4) is 11.5 Å². The zero-order valence-corrected chi connectivity index (χ0v) is 7.44. The van der Waals surface area contributed by atoms with E-state index in [9.17, 15) is 0 Å². The minimum Gasteiger partial charge on any atom is -0.422 e. The summed E-state index contributed by atoms with van der Waals surface area (Å²) in [4.78, 5) is 0. The van der Waals surface area contributed by atoms with E-state index in [4.69, 9.17) is 9.47 Å². The van der Waals surface area contributed by atoms with Crippen LogP contribution < -0.4 is 9.47 Å². The van der Waals surface area contributed by atoms with Gasteiger partial charge in [0.05, 0.1) is 5.57 Å². The first-order valence-corrected chi connectivity index (χ1v) is 4.47. The summed E-state index contributed by atoms with van der Waals surface area (Å²) in [6.45, 7) is 0. The van der Waals surface area contributed by atoms with Gasteiger partial charge in [-0.1, -0.05) is 24.3 Å². The van der Waals surface area contributed by atoms with Crippen LogP contribution in [-0.4, -0.2) is 0 Å². The summed E-state index contributed by atoms with van der Waals surface area (Å²) in [5.74, 6) is 2.13. The van der Waals surface area contributed by atoms with E-state index >= 15 is 0 Å². The van der Waals surface area contributed by atoms with E-state index in [2.05, 4.69) is 0 Å². The Morgan fingerprint density at radius 2 is 1.36 bits per heavy atom. The van der Waals surface area contributed by atoms with Crippen molar-refractivity contribution in [2.24, 2.45) is 0 Å². The van der Waals surface area contributed by atoms with E-state index in [1.807, 2.05) is 48.6 Å². The molecule has 0 amide bonds. The molecule has 0 bridgehead atoms. The Balaban J connectivity index is 2.03. The molecule has 0 unspecified atom stereocenters. The van der Waals surface area contributed by atoms with Crippen LogP contribution in [0.4, 0.5) is 0 Å². The van der Waals surface area contributed by atoms with E-state index in [1.54, 1.807) is 0 Å². The van der Waals surface area contributed by atoms with Gasteiger partial charge in [0.1, 0.15) is 0 Å². The van der Waals surface area contributed by atoms with E-state index in [-0.39, 0.29) is 0 Å².